The predicted octanol–water partition coefficient (Wildman–Crippen LogP) is 3.20. The number of carbonyl (C=O) groups excluding carboxylic acids is 1. The van der Waals surface area contributed by atoms with Gasteiger partial charge >= 0.3 is 0 Å². The molecule has 0 aromatic heterocycles. The van der Waals surface area contributed by atoms with Gasteiger partial charge in [-0.3, -0.25) is 4.79 Å². The van der Waals surface area contributed by atoms with Gasteiger partial charge < -0.3 is 15.2 Å². The highest BCUT2D eigenvalue weighted by atomic mass is 32.2. The topological polar surface area (TPSA) is 58.6 Å². The Balaban J connectivity index is 2.06. The fraction of sp³-hybridized carbons (Fsp3) is 0.316. The van der Waals surface area contributed by atoms with Crippen LogP contribution in [0.3, 0.4) is 0 Å². The second kappa shape index (κ2) is 9.47. The Morgan fingerprint density at radius 1 is 1.21 bits per heavy atom. The van der Waals surface area contributed by atoms with Crippen LogP contribution in [-0.2, 0) is 4.74 Å². The van der Waals surface area contributed by atoms with Crippen molar-refractivity contribution in [3.8, 4) is 0 Å². The van der Waals surface area contributed by atoms with Gasteiger partial charge in [0.2, 0.25) is 0 Å². The average molecular weight is 345 g/mol. The van der Waals surface area contributed by atoms with Crippen molar-refractivity contribution in [3.63, 3.8) is 0 Å². The lowest BCUT2D eigenvalue weighted by atomic mass is 10.1. The first kappa shape index (κ1) is 18.5. The molecular weight excluding hydrogens is 322 g/mol. The molecule has 0 aliphatic heterocycles. The molecule has 2 aromatic rings. The Morgan fingerprint density at radius 3 is 2.58 bits per heavy atom. The number of hydrogen-bond acceptors (Lipinski definition) is 4. The van der Waals surface area contributed by atoms with Crippen molar-refractivity contribution in [2.45, 2.75) is 17.9 Å². The number of thioether (sulfide) groups is 1. The Kier molecular flexibility index (Phi) is 7.31. The summed E-state index contributed by atoms with van der Waals surface area (Å²) in [6, 6.07) is 15.5. The first-order chi connectivity index (χ1) is 11.7. The van der Waals surface area contributed by atoms with Gasteiger partial charge in [0.1, 0.15) is 0 Å². The number of aryl methyl sites for hydroxylation is 1. The zero-order chi connectivity index (χ0) is 17.4. The number of amides is 1. The molecule has 0 heterocycles. The number of nitrogens with one attached hydrogen (secondary N) is 1. The van der Waals surface area contributed by atoms with Crippen molar-refractivity contribution < 1.29 is 14.6 Å². The van der Waals surface area contributed by atoms with Crippen LogP contribution in [0.25, 0.3) is 0 Å². The monoisotopic (exact) mass is 345 g/mol. The van der Waals surface area contributed by atoms with Crippen molar-refractivity contribution in [3.05, 3.63) is 65.2 Å². The van der Waals surface area contributed by atoms with Crippen LogP contribution in [0, 0.1) is 6.92 Å². The minimum Gasteiger partial charge on any atom is -0.394 e. The summed E-state index contributed by atoms with van der Waals surface area (Å²) >= 11 is 1.54. The van der Waals surface area contributed by atoms with Crippen LogP contribution in [0.2, 0.25) is 0 Å². The van der Waals surface area contributed by atoms with E-state index in [1.807, 2.05) is 61.7 Å². The summed E-state index contributed by atoms with van der Waals surface area (Å²) in [5.74, 6) is -0.121. The van der Waals surface area contributed by atoms with Crippen molar-refractivity contribution >= 4 is 17.7 Å². The molecule has 0 saturated heterocycles. The highest BCUT2D eigenvalue weighted by Gasteiger charge is 2.16. The Hall–Kier alpha value is -1.82. The number of aliphatic hydroxyl groups excluding tert-OH is 1. The van der Waals surface area contributed by atoms with Crippen LogP contribution in [0.1, 0.15) is 27.6 Å². The van der Waals surface area contributed by atoms with Crippen LogP contribution < -0.4 is 5.32 Å². The molecule has 24 heavy (non-hydrogen) atoms. The fourth-order valence-corrected chi connectivity index (χ4v) is 2.96. The number of ether oxygens (including phenoxy) is 1. The van der Waals surface area contributed by atoms with E-state index in [0.29, 0.717) is 12.1 Å². The average Bonchev–Trinajstić information content (AvgIpc) is 2.62. The fourth-order valence-electron chi connectivity index (χ4n) is 2.36. The normalized spacial score (nSPS) is 12.0. The molecule has 5 heteroatoms. The lowest BCUT2D eigenvalue weighted by molar-refractivity contribution is 0.0277. The van der Waals surface area contributed by atoms with E-state index in [1.165, 1.54) is 0 Å². The van der Waals surface area contributed by atoms with Crippen LogP contribution in [0.5, 0.6) is 0 Å². The highest BCUT2D eigenvalue weighted by molar-refractivity contribution is 7.98. The zero-order valence-corrected chi connectivity index (χ0v) is 14.8. The van der Waals surface area contributed by atoms with Crippen LogP contribution in [-0.4, -0.2) is 37.0 Å². The Labute approximate surface area is 147 Å². The molecule has 0 saturated carbocycles. The summed E-state index contributed by atoms with van der Waals surface area (Å²) in [5.41, 5.74) is 2.81. The van der Waals surface area contributed by atoms with Gasteiger partial charge in [0.25, 0.3) is 5.91 Å². The van der Waals surface area contributed by atoms with Gasteiger partial charge in [-0.1, -0.05) is 42.0 Å². The summed E-state index contributed by atoms with van der Waals surface area (Å²) in [5, 5.41) is 12.0. The van der Waals surface area contributed by atoms with Gasteiger partial charge in [0.05, 0.1) is 24.9 Å². The molecule has 128 valence electrons. The summed E-state index contributed by atoms with van der Waals surface area (Å²) < 4.78 is 5.69. The number of benzene rings is 2. The second-order valence-electron chi connectivity index (χ2n) is 5.40. The van der Waals surface area contributed by atoms with Gasteiger partial charge in [-0.2, -0.15) is 0 Å². The molecule has 0 aliphatic rings. The maximum absolute atomic E-state index is 12.5. The molecule has 4 nitrogen and oxygen atoms in total. The van der Waals surface area contributed by atoms with Gasteiger partial charge in [-0.15, -0.1) is 11.8 Å². The van der Waals surface area contributed by atoms with Crippen molar-refractivity contribution in [2.75, 3.05) is 26.0 Å². The second-order valence-corrected chi connectivity index (χ2v) is 6.25. The lowest BCUT2D eigenvalue weighted by Gasteiger charge is -2.19. The van der Waals surface area contributed by atoms with Gasteiger partial charge in [0, 0.05) is 11.4 Å². The molecule has 0 fully saturated rings. The van der Waals surface area contributed by atoms with Crippen LogP contribution in [0.4, 0.5) is 0 Å². The number of rotatable bonds is 8. The van der Waals surface area contributed by atoms with Crippen LogP contribution in [0.15, 0.2) is 53.4 Å². The molecule has 1 amide bonds. The zero-order valence-electron chi connectivity index (χ0n) is 14.0. The van der Waals surface area contributed by atoms with E-state index in [9.17, 15) is 4.79 Å². The summed E-state index contributed by atoms with van der Waals surface area (Å²) in [6.45, 7) is 2.56. The van der Waals surface area contributed by atoms with Crippen molar-refractivity contribution in [1.29, 1.82) is 0 Å². The summed E-state index contributed by atoms with van der Waals surface area (Å²) in [4.78, 5) is 13.4. The van der Waals surface area contributed by atoms with E-state index in [0.717, 1.165) is 16.0 Å². The van der Waals surface area contributed by atoms with Gasteiger partial charge in [-0.25, -0.2) is 0 Å². The largest absolute Gasteiger partial charge is 0.394 e. The van der Waals surface area contributed by atoms with E-state index in [4.69, 9.17) is 9.84 Å². The summed E-state index contributed by atoms with van der Waals surface area (Å²) in [7, 11) is 0. The smallest absolute Gasteiger partial charge is 0.252 e. The predicted molar refractivity (Wildman–Crippen MR) is 97.5 cm³/mol. The third-order valence-corrected chi connectivity index (χ3v) is 4.45. The maximum Gasteiger partial charge on any atom is 0.252 e. The number of hydrogen-bond donors (Lipinski definition) is 2. The van der Waals surface area contributed by atoms with Gasteiger partial charge in [0.15, 0.2) is 0 Å². The third-order valence-electron chi connectivity index (χ3n) is 3.66. The Bertz CT molecular complexity index is 658. The lowest BCUT2D eigenvalue weighted by Crippen LogP contribution is -2.30. The molecule has 0 spiro atoms. The van der Waals surface area contributed by atoms with E-state index >= 15 is 0 Å². The maximum atomic E-state index is 12.5. The van der Waals surface area contributed by atoms with Crippen molar-refractivity contribution in [1.82, 2.24) is 5.32 Å². The van der Waals surface area contributed by atoms with E-state index in [-0.39, 0.29) is 25.2 Å². The van der Waals surface area contributed by atoms with Crippen LogP contribution >= 0.6 is 11.8 Å². The molecule has 0 bridgehead atoms. The quantitative estimate of drug-likeness (QED) is 0.722. The molecule has 1 unspecified atom stereocenters. The standard InChI is InChI=1S/C19H23NO3S/c1-14-7-9-15(10-8-14)17(23-12-11-21)13-20-19(22)16-5-3-4-6-18(16)24-2/h3-10,17,21H,11-13H2,1-2H3,(H,20,22). The molecular formula is C19H23NO3S. The molecule has 2 N–H and O–H groups in total. The Morgan fingerprint density at radius 2 is 1.92 bits per heavy atom. The minimum atomic E-state index is -0.289. The summed E-state index contributed by atoms with van der Waals surface area (Å²) in [6.07, 6.45) is 1.66. The molecule has 0 radical (unpaired) electrons. The number of aliphatic hydroxyl groups is 1. The van der Waals surface area contributed by atoms with E-state index in [2.05, 4.69) is 5.32 Å². The number of carbonyl (C=O) groups is 1. The minimum absolute atomic E-state index is 0.0500. The molecule has 2 aromatic carbocycles. The SMILES string of the molecule is CSc1ccccc1C(=O)NCC(OCCO)c1ccc(C)cc1. The molecule has 1 atom stereocenters. The first-order valence-corrected chi connectivity index (χ1v) is 9.08. The molecule has 0 aliphatic carbocycles. The third kappa shape index (κ3) is 5.09. The highest BCUT2D eigenvalue weighted by Crippen LogP contribution is 2.21. The van der Waals surface area contributed by atoms with E-state index in [1.54, 1.807) is 11.8 Å². The molecule has 2 rings (SSSR count). The van der Waals surface area contributed by atoms with E-state index < -0.39 is 0 Å². The van der Waals surface area contributed by atoms with Crippen molar-refractivity contribution in [2.24, 2.45) is 0 Å². The van der Waals surface area contributed by atoms with Gasteiger partial charge in [-0.05, 0) is 30.9 Å². The first-order valence-electron chi connectivity index (χ1n) is 7.86.